The summed E-state index contributed by atoms with van der Waals surface area (Å²) in [5.41, 5.74) is 4.75. The zero-order chi connectivity index (χ0) is 14.0. The molecule has 0 aromatic heterocycles. The molecular formula is C9H11Cl2F3N2O2S. The number of rotatable bonds is 5. The second-order valence-electron chi connectivity index (χ2n) is 3.44. The molecule has 0 saturated heterocycles. The molecule has 1 aromatic rings. The van der Waals surface area contributed by atoms with Gasteiger partial charge in [0, 0.05) is 0 Å². The first-order valence-corrected chi connectivity index (χ1v) is 6.57. The summed E-state index contributed by atoms with van der Waals surface area (Å²) in [6, 6.07) is 3.26. The van der Waals surface area contributed by atoms with Crippen molar-refractivity contribution in [3.8, 4) is 0 Å². The summed E-state index contributed by atoms with van der Waals surface area (Å²) in [6.07, 6.45) is 0. The van der Waals surface area contributed by atoms with E-state index in [0.717, 1.165) is 12.1 Å². The van der Waals surface area contributed by atoms with E-state index < -0.39 is 44.8 Å². The third-order valence-corrected chi connectivity index (χ3v) is 3.74. The van der Waals surface area contributed by atoms with E-state index in [9.17, 15) is 21.6 Å². The Labute approximate surface area is 119 Å². The number of sulfonamides is 1. The lowest BCUT2D eigenvalue weighted by molar-refractivity contribution is 0.0170. The van der Waals surface area contributed by atoms with Crippen LogP contribution in [0.5, 0.6) is 0 Å². The third-order valence-electron chi connectivity index (χ3n) is 2.03. The van der Waals surface area contributed by atoms with Crippen LogP contribution in [0, 0.1) is 5.82 Å². The van der Waals surface area contributed by atoms with Crippen molar-refractivity contribution in [2.75, 3.05) is 13.1 Å². The van der Waals surface area contributed by atoms with Crippen LogP contribution in [0.15, 0.2) is 23.1 Å². The van der Waals surface area contributed by atoms with Gasteiger partial charge in [-0.25, -0.2) is 26.3 Å². The van der Waals surface area contributed by atoms with Crippen LogP contribution in [0.25, 0.3) is 0 Å². The summed E-state index contributed by atoms with van der Waals surface area (Å²) in [4.78, 5) is -0.789. The average molecular weight is 339 g/mol. The van der Waals surface area contributed by atoms with Crippen LogP contribution in [0.1, 0.15) is 0 Å². The van der Waals surface area contributed by atoms with Crippen LogP contribution in [0.3, 0.4) is 0 Å². The van der Waals surface area contributed by atoms with Gasteiger partial charge in [-0.3, -0.25) is 0 Å². The van der Waals surface area contributed by atoms with E-state index >= 15 is 0 Å². The topological polar surface area (TPSA) is 72.2 Å². The minimum absolute atomic E-state index is 0. The highest BCUT2D eigenvalue weighted by atomic mass is 35.5. The van der Waals surface area contributed by atoms with E-state index in [1.807, 2.05) is 0 Å². The molecule has 0 spiro atoms. The SMILES string of the molecule is Cl.NCC(F)(F)CNS(=O)(=O)c1cccc(Cl)c1F. The molecular weight excluding hydrogens is 328 g/mol. The van der Waals surface area contributed by atoms with Crippen molar-refractivity contribution in [2.45, 2.75) is 10.8 Å². The van der Waals surface area contributed by atoms with Gasteiger partial charge >= 0.3 is 0 Å². The second kappa shape index (κ2) is 6.76. The molecule has 10 heteroatoms. The van der Waals surface area contributed by atoms with Crippen molar-refractivity contribution in [1.29, 1.82) is 0 Å². The second-order valence-corrected chi connectivity index (χ2v) is 5.58. The van der Waals surface area contributed by atoms with Crippen LogP contribution in [-0.2, 0) is 10.0 Å². The lowest BCUT2D eigenvalue weighted by Gasteiger charge is -2.15. The Morgan fingerprint density at radius 1 is 1.37 bits per heavy atom. The first kappa shape index (κ1) is 18.5. The predicted octanol–water partition coefficient (Wildman–Crippen LogP) is 1.77. The number of hydrogen-bond acceptors (Lipinski definition) is 3. The number of nitrogens with one attached hydrogen (secondary N) is 1. The molecule has 3 N–H and O–H groups in total. The maximum absolute atomic E-state index is 13.4. The van der Waals surface area contributed by atoms with E-state index in [-0.39, 0.29) is 12.4 Å². The molecule has 0 unspecified atom stereocenters. The molecule has 4 nitrogen and oxygen atoms in total. The van der Waals surface area contributed by atoms with Crippen molar-refractivity contribution < 1.29 is 21.6 Å². The average Bonchev–Trinajstić information content (AvgIpc) is 2.30. The standard InChI is InChI=1S/C9H10ClF3N2O2S.ClH/c10-6-2-1-3-7(8(6)11)18(16,17)15-5-9(12,13)4-14;/h1-3,15H,4-5,14H2;1H. The molecule has 0 aliphatic heterocycles. The molecule has 1 rings (SSSR count). The summed E-state index contributed by atoms with van der Waals surface area (Å²) >= 11 is 5.40. The zero-order valence-corrected chi connectivity index (χ0v) is 11.8. The third kappa shape index (κ3) is 4.81. The summed E-state index contributed by atoms with van der Waals surface area (Å²) in [7, 11) is -4.40. The van der Waals surface area contributed by atoms with Crippen LogP contribution in [-0.4, -0.2) is 27.4 Å². The van der Waals surface area contributed by atoms with Gasteiger partial charge in [-0.15, -0.1) is 12.4 Å². The maximum atomic E-state index is 13.4. The summed E-state index contributed by atoms with van der Waals surface area (Å²) < 4.78 is 63.8. The molecule has 0 radical (unpaired) electrons. The van der Waals surface area contributed by atoms with Crippen LogP contribution >= 0.6 is 24.0 Å². The number of hydrogen-bond donors (Lipinski definition) is 2. The molecule has 0 heterocycles. The first-order valence-electron chi connectivity index (χ1n) is 4.71. The molecule has 0 aliphatic carbocycles. The van der Waals surface area contributed by atoms with E-state index in [1.54, 1.807) is 4.72 Å². The van der Waals surface area contributed by atoms with Gasteiger partial charge in [0.15, 0.2) is 5.82 Å². The minimum Gasteiger partial charge on any atom is -0.325 e. The van der Waals surface area contributed by atoms with Gasteiger partial charge in [-0.1, -0.05) is 17.7 Å². The van der Waals surface area contributed by atoms with Crippen LogP contribution in [0.2, 0.25) is 5.02 Å². The van der Waals surface area contributed by atoms with E-state index in [0.29, 0.717) is 0 Å². The number of halogens is 5. The molecule has 0 amide bonds. The quantitative estimate of drug-likeness (QED) is 0.859. The van der Waals surface area contributed by atoms with Crippen molar-refractivity contribution >= 4 is 34.0 Å². The molecule has 1 aromatic carbocycles. The minimum atomic E-state index is -4.40. The van der Waals surface area contributed by atoms with E-state index in [2.05, 4.69) is 0 Å². The van der Waals surface area contributed by atoms with Crippen molar-refractivity contribution in [2.24, 2.45) is 5.73 Å². The lowest BCUT2D eigenvalue weighted by atomic mass is 10.3. The van der Waals surface area contributed by atoms with Crippen molar-refractivity contribution in [3.63, 3.8) is 0 Å². The molecule has 0 fully saturated rings. The van der Waals surface area contributed by atoms with Gasteiger partial charge in [0.05, 0.1) is 18.1 Å². The monoisotopic (exact) mass is 338 g/mol. The van der Waals surface area contributed by atoms with Crippen LogP contribution in [0.4, 0.5) is 13.2 Å². The summed E-state index contributed by atoms with van der Waals surface area (Å²) in [5.74, 6) is -4.59. The predicted molar refractivity (Wildman–Crippen MR) is 67.8 cm³/mol. The van der Waals surface area contributed by atoms with Gasteiger partial charge in [-0.2, -0.15) is 0 Å². The zero-order valence-electron chi connectivity index (χ0n) is 9.37. The Morgan fingerprint density at radius 3 is 2.47 bits per heavy atom. The highest BCUT2D eigenvalue weighted by Crippen LogP contribution is 2.22. The number of nitrogens with two attached hydrogens (primary N) is 1. The Morgan fingerprint density at radius 2 is 1.95 bits per heavy atom. The largest absolute Gasteiger partial charge is 0.325 e. The highest BCUT2D eigenvalue weighted by molar-refractivity contribution is 7.89. The number of alkyl halides is 2. The molecule has 0 atom stereocenters. The highest BCUT2D eigenvalue weighted by Gasteiger charge is 2.30. The Balaban J connectivity index is 0.00000324. The van der Waals surface area contributed by atoms with Gasteiger partial charge in [0.1, 0.15) is 4.90 Å². The number of benzene rings is 1. The van der Waals surface area contributed by atoms with Gasteiger partial charge in [-0.05, 0) is 12.1 Å². The van der Waals surface area contributed by atoms with E-state index in [4.69, 9.17) is 17.3 Å². The molecule has 0 aliphatic rings. The van der Waals surface area contributed by atoms with Crippen LogP contribution < -0.4 is 10.5 Å². The fourth-order valence-corrected chi connectivity index (χ4v) is 2.43. The van der Waals surface area contributed by atoms with Gasteiger partial charge in [0.25, 0.3) is 5.92 Å². The Bertz CT molecular complexity index is 540. The summed E-state index contributed by atoms with van der Waals surface area (Å²) in [6.45, 7) is -2.23. The van der Waals surface area contributed by atoms with Gasteiger partial charge < -0.3 is 5.73 Å². The molecule has 0 saturated carbocycles. The summed E-state index contributed by atoms with van der Waals surface area (Å²) in [5, 5.41) is -0.413. The molecule has 0 bridgehead atoms. The fourth-order valence-electron chi connectivity index (χ4n) is 1.04. The molecule has 110 valence electrons. The van der Waals surface area contributed by atoms with Crippen molar-refractivity contribution in [1.82, 2.24) is 4.72 Å². The molecule has 19 heavy (non-hydrogen) atoms. The van der Waals surface area contributed by atoms with E-state index in [1.165, 1.54) is 6.07 Å². The Hall–Kier alpha value is -0.540. The lowest BCUT2D eigenvalue weighted by Crippen LogP contribution is -2.41. The normalized spacial score (nSPS) is 12.1. The smallest absolute Gasteiger partial charge is 0.273 e. The first-order chi connectivity index (χ1) is 8.19. The maximum Gasteiger partial charge on any atom is 0.273 e. The van der Waals surface area contributed by atoms with Gasteiger partial charge in [0.2, 0.25) is 10.0 Å². The van der Waals surface area contributed by atoms with Crippen molar-refractivity contribution in [3.05, 3.63) is 29.0 Å². The fraction of sp³-hybridized carbons (Fsp3) is 0.333. The Kier molecular flexibility index (Phi) is 6.56.